The van der Waals surface area contributed by atoms with Crippen LogP contribution in [-0.4, -0.2) is 34.3 Å². The van der Waals surface area contributed by atoms with E-state index in [9.17, 15) is 0 Å². The molecule has 1 aromatic heterocycles. The SMILES string of the molecule is O=CO.[Li][c]1cccnc1. The maximum absolute atomic E-state index is 8.36. The van der Waals surface area contributed by atoms with E-state index in [-0.39, 0.29) is 6.47 Å². The van der Waals surface area contributed by atoms with Crippen molar-refractivity contribution in [1.29, 1.82) is 0 Å². The molecular formula is C6H6LiNO2. The Hall–Kier alpha value is -0.783. The molecule has 0 atom stereocenters. The summed E-state index contributed by atoms with van der Waals surface area (Å²) in [5, 5.41) is 6.89. The second-order valence-corrected chi connectivity index (χ2v) is 1.64. The van der Waals surface area contributed by atoms with Crippen molar-refractivity contribution in [3.8, 4) is 0 Å². The Morgan fingerprint density at radius 2 is 2.30 bits per heavy atom. The molecule has 0 unspecified atom stereocenters. The molecule has 0 spiro atoms. The zero-order chi connectivity index (χ0) is 7.82. The topological polar surface area (TPSA) is 50.2 Å². The van der Waals surface area contributed by atoms with Gasteiger partial charge in [-0.25, -0.2) is 0 Å². The standard InChI is InChI=1S/C5H4N.CH2O2.Li/c1-2-4-6-5-3-1;2-1-3;/h1-2,4-5H;1H,(H,2,3);. The summed E-state index contributed by atoms with van der Waals surface area (Å²) in [6.07, 6.45) is 3.60. The van der Waals surface area contributed by atoms with E-state index in [1.54, 1.807) is 6.20 Å². The van der Waals surface area contributed by atoms with Crippen molar-refractivity contribution >= 4 is 28.4 Å². The van der Waals surface area contributed by atoms with Gasteiger partial charge in [0.25, 0.3) is 6.47 Å². The number of nitrogens with zero attached hydrogens (tertiary/aromatic N) is 1. The maximum atomic E-state index is 8.36. The van der Waals surface area contributed by atoms with Crippen molar-refractivity contribution in [2.75, 3.05) is 0 Å². The van der Waals surface area contributed by atoms with Gasteiger partial charge in [0.1, 0.15) is 0 Å². The summed E-state index contributed by atoms with van der Waals surface area (Å²) in [5.74, 6) is 0. The number of carboxylic acid groups (broad SMARTS) is 1. The molecule has 0 saturated heterocycles. The number of hydrogen-bond donors (Lipinski definition) is 1. The van der Waals surface area contributed by atoms with E-state index in [0.717, 1.165) is 0 Å². The molecule has 10 heavy (non-hydrogen) atoms. The molecular weight excluding hydrogens is 125 g/mol. The van der Waals surface area contributed by atoms with E-state index < -0.39 is 0 Å². The average molecular weight is 131 g/mol. The van der Waals surface area contributed by atoms with E-state index in [0.29, 0.717) is 0 Å². The Bertz CT molecular complexity index is 178. The van der Waals surface area contributed by atoms with Gasteiger partial charge < -0.3 is 5.11 Å². The number of pyridine rings is 1. The molecule has 0 aliphatic heterocycles. The Morgan fingerprint density at radius 1 is 1.70 bits per heavy atom. The summed E-state index contributed by atoms with van der Waals surface area (Å²) in [6, 6.07) is 3.95. The molecule has 0 bridgehead atoms. The van der Waals surface area contributed by atoms with Crippen molar-refractivity contribution in [2.45, 2.75) is 0 Å². The summed E-state index contributed by atoms with van der Waals surface area (Å²) >= 11 is 2.02. The molecule has 1 rings (SSSR count). The van der Waals surface area contributed by atoms with Crippen molar-refractivity contribution < 1.29 is 9.90 Å². The van der Waals surface area contributed by atoms with Crippen LogP contribution < -0.4 is 4.24 Å². The van der Waals surface area contributed by atoms with Gasteiger partial charge in [-0.05, 0) is 0 Å². The summed E-state index contributed by atoms with van der Waals surface area (Å²) in [6.45, 7) is -0.250. The van der Waals surface area contributed by atoms with Crippen LogP contribution in [0.3, 0.4) is 0 Å². The van der Waals surface area contributed by atoms with Gasteiger partial charge in [0.05, 0.1) is 0 Å². The first kappa shape index (κ1) is 9.22. The van der Waals surface area contributed by atoms with E-state index in [1.165, 1.54) is 4.24 Å². The molecule has 0 aromatic carbocycles. The first-order chi connectivity index (χ1) is 4.81. The number of aromatic nitrogens is 1. The van der Waals surface area contributed by atoms with Crippen LogP contribution in [0.4, 0.5) is 0 Å². The zero-order valence-electron chi connectivity index (χ0n) is 5.69. The normalized spacial score (nSPS) is 7.40. The van der Waals surface area contributed by atoms with E-state index in [4.69, 9.17) is 9.90 Å². The number of carbonyl (C=O) groups is 1. The van der Waals surface area contributed by atoms with Crippen LogP contribution in [0, 0.1) is 0 Å². The Labute approximate surface area is 68.3 Å². The van der Waals surface area contributed by atoms with Crippen molar-refractivity contribution in [2.24, 2.45) is 0 Å². The predicted molar refractivity (Wildman–Crippen MR) is 38.3 cm³/mol. The van der Waals surface area contributed by atoms with Crippen LogP contribution in [0.5, 0.6) is 0 Å². The average Bonchev–Trinajstić information content (AvgIpc) is 1.91. The Morgan fingerprint density at radius 3 is 2.50 bits per heavy atom. The van der Waals surface area contributed by atoms with Gasteiger partial charge in [0.2, 0.25) is 0 Å². The van der Waals surface area contributed by atoms with Crippen LogP contribution in [0.25, 0.3) is 0 Å². The first-order valence-electron chi connectivity index (χ1n) is 2.75. The third kappa shape index (κ3) is 5.36. The second-order valence-electron chi connectivity index (χ2n) is 1.64. The van der Waals surface area contributed by atoms with Gasteiger partial charge in [-0.3, -0.25) is 4.79 Å². The van der Waals surface area contributed by atoms with Gasteiger partial charge in [-0.1, -0.05) is 0 Å². The molecule has 0 aliphatic carbocycles. The molecule has 0 aliphatic rings. The van der Waals surface area contributed by atoms with Gasteiger partial charge in [-0.15, -0.1) is 0 Å². The molecule has 1 heterocycles. The quantitative estimate of drug-likeness (QED) is 0.384. The summed E-state index contributed by atoms with van der Waals surface area (Å²) in [4.78, 5) is 12.2. The van der Waals surface area contributed by atoms with Crippen molar-refractivity contribution in [3.63, 3.8) is 0 Å². The van der Waals surface area contributed by atoms with Crippen LogP contribution in [0.1, 0.15) is 0 Å². The second kappa shape index (κ2) is 6.34. The van der Waals surface area contributed by atoms with E-state index >= 15 is 0 Å². The van der Waals surface area contributed by atoms with Crippen LogP contribution in [-0.2, 0) is 4.79 Å². The molecule has 1 N–H and O–H groups in total. The molecule has 3 nitrogen and oxygen atoms in total. The molecule has 0 radical (unpaired) electrons. The van der Waals surface area contributed by atoms with Crippen LogP contribution in [0.2, 0.25) is 0 Å². The van der Waals surface area contributed by atoms with Gasteiger partial charge in [0, 0.05) is 0 Å². The molecule has 48 valence electrons. The molecule has 0 saturated carbocycles. The molecule has 4 heteroatoms. The Balaban J connectivity index is 0.000000236. The summed E-state index contributed by atoms with van der Waals surface area (Å²) < 4.78 is 1.21. The summed E-state index contributed by atoms with van der Waals surface area (Å²) in [5.41, 5.74) is 0. The van der Waals surface area contributed by atoms with Gasteiger partial charge in [0.15, 0.2) is 0 Å². The summed E-state index contributed by atoms with van der Waals surface area (Å²) in [7, 11) is 0. The molecule has 1 aromatic rings. The fourth-order valence-corrected chi connectivity index (χ4v) is 0.448. The minimum atomic E-state index is -0.250. The monoisotopic (exact) mass is 131 g/mol. The van der Waals surface area contributed by atoms with Crippen LogP contribution in [0.15, 0.2) is 24.5 Å². The fourth-order valence-electron chi connectivity index (χ4n) is 0.448. The van der Waals surface area contributed by atoms with Crippen molar-refractivity contribution in [1.82, 2.24) is 4.98 Å². The predicted octanol–water partition coefficient (Wildman–Crippen LogP) is -0.424. The third-order valence-electron chi connectivity index (χ3n) is 0.809. The Kier molecular flexibility index (Phi) is 5.84. The van der Waals surface area contributed by atoms with Gasteiger partial charge in [-0.2, -0.15) is 0 Å². The molecule has 0 amide bonds. The first-order valence-corrected chi connectivity index (χ1v) is 2.75. The van der Waals surface area contributed by atoms with Crippen molar-refractivity contribution in [3.05, 3.63) is 24.5 Å². The van der Waals surface area contributed by atoms with Crippen LogP contribution >= 0.6 is 0 Å². The fraction of sp³-hybridized carbons (Fsp3) is 0. The molecule has 0 fully saturated rings. The van der Waals surface area contributed by atoms with Gasteiger partial charge >= 0.3 is 51.5 Å². The minimum absolute atomic E-state index is 0.250. The number of rotatable bonds is 0. The zero-order valence-corrected chi connectivity index (χ0v) is 5.69. The van der Waals surface area contributed by atoms with E-state index in [2.05, 4.69) is 4.98 Å². The third-order valence-corrected chi connectivity index (χ3v) is 0.809. The number of hydrogen-bond acceptors (Lipinski definition) is 2. The van der Waals surface area contributed by atoms with E-state index in [1.807, 2.05) is 36.0 Å².